The molecule has 0 radical (unpaired) electrons. The molecule has 5 nitrogen and oxygen atoms in total. The highest BCUT2D eigenvalue weighted by atomic mass is 19.4. The molecule has 0 atom stereocenters. The summed E-state index contributed by atoms with van der Waals surface area (Å²) in [5.74, 6) is -11.0. The van der Waals surface area contributed by atoms with Crippen molar-refractivity contribution in [3.05, 3.63) is 186 Å². The van der Waals surface area contributed by atoms with Crippen LogP contribution in [0.25, 0.3) is 33.5 Å². The number of halogens is 10. The molecule has 0 saturated carbocycles. The predicted molar refractivity (Wildman–Crippen MR) is 217 cm³/mol. The minimum atomic E-state index is -6.21. The van der Waals surface area contributed by atoms with Gasteiger partial charge >= 0.3 is 31.5 Å². The van der Waals surface area contributed by atoms with Crippen LogP contribution in [-0.4, -0.2) is 62.0 Å². The maximum Gasteiger partial charge on any atom is 0.598 e. The molecule has 0 amide bonds. The first-order valence-corrected chi connectivity index (χ1v) is 18.8. The number of para-hydroxylation sites is 1. The lowest BCUT2D eigenvalue weighted by Crippen LogP contribution is -2.48. The van der Waals surface area contributed by atoms with Crippen LogP contribution in [-0.2, 0) is 9.31 Å². The Morgan fingerprint density at radius 2 is 1.02 bits per heavy atom. The molecule has 7 rings (SSSR count). The zero-order chi connectivity index (χ0) is 44.3. The second-order valence-corrected chi connectivity index (χ2v) is 13.9. The van der Waals surface area contributed by atoms with Crippen molar-refractivity contribution in [3.63, 3.8) is 0 Å². The van der Waals surface area contributed by atoms with E-state index in [1.54, 1.807) is 140 Å². The van der Waals surface area contributed by atoms with Gasteiger partial charge in [0.1, 0.15) is 19.0 Å². The molecule has 0 aliphatic carbocycles. The molecule has 1 aromatic heterocycles. The molecule has 0 N–H and O–H groups in total. The minimum Gasteiger partial charge on any atom is -0.496 e. The summed E-state index contributed by atoms with van der Waals surface area (Å²) in [6.07, 6.45) is -10.6. The number of methoxy groups -OCH3 is 1. The Balaban J connectivity index is 1.66. The smallest absolute Gasteiger partial charge is 0.496 e. The largest absolute Gasteiger partial charge is 0.598 e. The molecule has 318 valence electrons. The lowest BCUT2D eigenvalue weighted by Gasteiger charge is -2.28. The van der Waals surface area contributed by atoms with Gasteiger partial charge < -0.3 is 18.5 Å². The van der Waals surface area contributed by atoms with Crippen LogP contribution in [0.1, 0.15) is 22.4 Å². The highest BCUT2D eigenvalue weighted by molar-refractivity contribution is 6.44. The lowest BCUT2D eigenvalue weighted by molar-refractivity contribution is -0.295. The zero-order valence-corrected chi connectivity index (χ0v) is 32.4. The Hall–Kier alpha value is -6.39. The van der Waals surface area contributed by atoms with Gasteiger partial charge in [0.2, 0.25) is 0 Å². The standard InChI is InChI=1S/C46H33BF10N2O3/c1-60-39-25-15-14-24-34(39)40(41-35(30-16-6-2-7-17-30)26-37(58-41)32-20-10-4-11-21-32)42-36(31-18-8-3-9-19-31)27-38(33-22-12-5-13-23-33)59(42)47(61-28-43(48,49)45(52,53)54)62-29-44(50,51)46(55,56)57/h2-27H,28-29H2,1H3/b41-40-. The van der Waals surface area contributed by atoms with E-state index < -0.39 is 44.7 Å². The Morgan fingerprint density at radius 3 is 1.52 bits per heavy atom. The fourth-order valence-corrected chi connectivity index (χ4v) is 6.80. The highest BCUT2D eigenvalue weighted by Crippen LogP contribution is 2.48. The van der Waals surface area contributed by atoms with Gasteiger partial charge in [-0.1, -0.05) is 140 Å². The van der Waals surface area contributed by atoms with Gasteiger partial charge in [-0.15, -0.1) is 0 Å². The van der Waals surface area contributed by atoms with Crippen LogP contribution in [0.2, 0.25) is 0 Å². The van der Waals surface area contributed by atoms with Gasteiger partial charge in [-0.05, 0) is 34.9 Å². The Labute approximate surface area is 349 Å². The third kappa shape index (κ3) is 8.97. The predicted octanol–water partition coefficient (Wildman–Crippen LogP) is 12.4. The highest BCUT2D eigenvalue weighted by Gasteiger charge is 2.60. The third-order valence-electron chi connectivity index (χ3n) is 9.82. The summed E-state index contributed by atoms with van der Waals surface area (Å²) in [7, 11) is -1.44. The second kappa shape index (κ2) is 17.5. The van der Waals surface area contributed by atoms with Crippen LogP contribution < -0.4 is 4.74 Å². The summed E-state index contributed by atoms with van der Waals surface area (Å²) in [6, 6.07) is 41.9. The van der Waals surface area contributed by atoms with Crippen LogP contribution in [0.5, 0.6) is 5.75 Å². The first kappa shape index (κ1) is 43.7. The first-order chi connectivity index (χ1) is 29.5. The number of ether oxygens (including phenoxy) is 1. The summed E-state index contributed by atoms with van der Waals surface area (Å²) < 4.78 is 158. The fourth-order valence-electron chi connectivity index (χ4n) is 6.80. The Morgan fingerprint density at radius 1 is 0.565 bits per heavy atom. The summed E-state index contributed by atoms with van der Waals surface area (Å²) in [5.41, 5.74) is 3.32. The number of hydrogen-bond acceptors (Lipinski definition) is 4. The molecule has 0 fully saturated rings. The van der Waals surface area contributed by atoms with E-state index in [2.05, 4.69) is 0 Å². The number of allylic oxidation sites excluding steroid dienone is 2. The molecule has 6 aromatic rings. The molecular weight excluding hydrogens is 829 g/mol. The van der Waals surface area contributed by atoms with Crippen molar-refractivity contribution in [2.75, 3.05) is 20.3 Å². The van der Waals surface area contributed by atoms with Crippen molar-refractivity contribution in [1.82, 2.24) is 4.48 Å². The number of aromatic nitrogens is 1. The number of rotatable bonds is 14. The van der Waals surface area contributed by atoms with Gasteiger partial charge in [0.15, 0.2) is 0 Å². The topological polar surface area (TPSA) is 45.0 Å². The van der Waals surface area contributed by atoms with Crippen molar-refractivity contribution in [2.24, 2.45) is 4.99 Å². The van der Waals surface area contributed by atoms with Crippen LogP contribution in [0.3, 0.4) is 0 Å². The SMILES string of the molecule is COc1ccccc1/C(=C1/N=C(c2ccccc2)C=C1c1ccccc1)c1c(-c2ccccc2)cc(-c2ccccc2)n1B(OCC(F)(F)C(F)(F)F)OCC(F)(F)C(F)(F)F. The lowest BCUT2D eigenvalue weighted by atomic mass is 9.89. The summed E-state index contributed by atoms with van der Waals surface area (Å²) in [4.78, 5) is 5.11. The number of alkyl halides is 10. The van der Waals surface area contributed by atoms with E-state index in [0.29, 0.717) is 28.0 Å². The van der Waals surface area contributed by atoms with E-state index in [1.807, 2.05) is 0 Å². The summed E-state index contributed by atoms with van der Waals surface area (Å²) in [5, 5.41) is 0. The van der Waals surface area contributed by atoms with Gasteiger partial charge in [0.05, 0.1) is 24.2 Å². The normalized spacial score (nSPS) is 14.4. The third-order valence-corrected chi connectivity index (χ3v) is 9.82. The summed E-state index contributed by atoms with van der Waals surface area (Å²) in [6.45, 7) is -5.06. The number of aliphatic imine (C=N–C) groups is 1. The maximum atomic E-state index is 14.8. The minimum absolute atomic E-state index is 0.0846. The fraction of sp³-hybridized carbons (Fsp3) is 0.152. The number of benzene rings is 5. The number of nitrogens with zero attached hydrogens (tertiary/aromatic N) is 2. The molecule has 16 heteroatoms. The van der Waals surface area contributed by atoms with Crippen molar-refractivity contribution in [3.8, 4) is 28.1 Å². The molecule has 62 heavy (non-hydrogen) atoms. The molecule has 0 unspecified atom stereocenters. The Bertz CT molecular complexity index is 2560. The Kier molecular flexibility index (Phi) is 12.4. The van der Waals surface area contributed by atoms with E-state index in [-0.39, 0.29) is 45.1 Å². The first-order valence-electron chi connectivity index (χ1n) is 18.8. The second-order valence-electron chi connectivity index (χ2n) is 13.9. The molecular formula is C46H33BF10N2O3. The van der Waals surface area contributed by atoms with Crippen molar-refractivity contribution >= 4 is 24.1 Å². The average Bonchev–Trinajstić information content (AvgIpc) is 3.88. The van der Waals surface area contributed by atoms with E-state index in [9.17, 15) is 43.9 Å². The molecule has 0 saturated heterocycles. The monoisotopic (exact) mass is 862 g/mol. The van der Waals surface area contributed by atoms with Crippen molar-refractivity contribution < 1.29 is 57.9 Å². The van der Waals surface area contributed by atoms with Gasteiger partial charge in [-0.2, -0.15) is 43.9 Å². The molecule has 0 bridgehead atoms. The molecule has 5 aromatic carbocycles. The maximum absolute atomic E-state index is 14.8. The quantitative estimate of drug-likeness (QED) is 0.0809. The van der Waals surface area contributed by atoms with Gasteiger partial charge in [-0.25, -0.2) is 4.99 Å². The van der Waals surface area contributed by atoms with E-state index in [4.69, 9.17) is 19.0 Å². The molecule has 1 aliphatic heterocycles. The summed E-state index contributed by atoms with van der Waals surface area (Å²) >= 11 is 0. The average molecular weight is 863 g/mol. The van der Waals surface area contributed by atoms with E-state index in [1.165, 1.54) is 25.3 Å². The van der Waals surface area contributed by atoms with Crippen LogP contribution in [0.4, 0.5) is 43.9 Å². The van der Waals surface area contributed by atoms with Gasteiger partial charge in [0.25, 0.3) is 0 Å². The zero-order valence-electron chi connectivity index (χ0n) is 32.4. The van der Waals surface area contributed by atoms with Crippen LogP contribution in [0, 0.1) is 0 Å². The van der Waals surface area contributed by atoms with Gasteiger partial charge in [-0.3, -0.25) is 0 Å². The van der Waals surface area contributed by atoms with Crippen LogP contribution >= 0.6 is 0 Å². The van der Waals surface area contributed by atoms with Gasteiger partial charge in [0, 0.05) is 33.5 Å². The molecule has 0 spiro atoms. The van der Waals surface area contributed by atoms with Crippen molar-refractivity contribution in [2.45, 2.75) is 24.2 Å². The van der Waals surface area contributed by atoms with E-state index in [0.717, 1.165) is 4.48 Å². The van der Waals surface area contributed by atoms with Crippen LogP contribution in [0.15, 0.2) is 168 Å². The molecule has 1 aliphatic rings. The van der Waals surface area contributed by atoms with Crippen molar-refractivity contribution in [1.29, 1.82) is 0 Å². The molecule has 2 heterocycles. The number of hydrogen-bond donors (Lipinski definition) is 0. The van der Waals surface area contributed by atoms with E-state index >= 15 is 0 Å².